The third-order valence-electron chi connectivity index (χ3n) is 6.55. The van der Waals surface area contributed by atoms with E-state index >= 15 is 0 Å². The molecule has 1 atom stereocenters. The molecule has 0 saturated carbocycles. The minimum Gasteiger partial charge on any atom is -0.455 e. The molecular formula is C26H29N5O3. The maximum Gasteiger partial charge on any atom is 0.268 e. The number of likely N-dealkylation sites (tertiary alicyclic amines) is 1. The van der Waals surface area contributed by atoms with Crippen molar-refractivity contribution >= 4 is 22.8 Å². The zero-order valence-electron chi connectivity index (χ0n) is 20.0. The minimum absolute atomic E-state index is 0.0428. The van der Waals surface area contributed by atoms with Crippen LogP contribution in [0.15, 0.2) is 42.9 Å². The highest BCUT2D eigenvalue weighted by atomic mass is 16.5. The lowest BCUT2D eigenvalue weighted by Gasteiger charge is -2.15. The standard InChI is InChI=1S/C26H29N5O3/c1-5-27-25(32)23-17(3)12-19-13-20(8-11-30(19)23)34-22-6-9-28-31-15-21(18(4)24(22)31)26(33)29-10-7-16(2)14-29/h6,8-9,11-13,15-16H,5,7,10,14H2,1-4H3,(H,27,32). The lowest BCUT2D eigenvalue weighted by molar-refractivity contribution is 0.0787. The van der Waals surface area contributed by atoms with Crippen LogP contribution in [0.25, 0.3) is 11.0 Å². The van der Waals surface area contributed by atoms with Gasteiger partial charge >= 0.3 is 0 Å². The highest BCUT2D eigenvalue weighted by molar-refractivity contribution is 5.98. The Labute approximate surface area is 198 Å². The van der Waals surface area contributed by atoms with Gasteiger partial charge in [-0.2, -0.15) is 5.10 Å². The summed E-state index contributed by atoms with van der Waals surface area (Å²) in [7, 11) is 0. The quantitative estimate of drug-likeness (QED) is 0.484. The second kappa shape index (κ2) is 8.52. The number of rotatable bonds is 5. The topological polar surface area (TPSA) is 80.3 Å². The van der Waals surface area contributed by atoms with Crippen molar-refractivity contribution in [3.8, 4) is 11.5 Å². The van der Waals surface area contributed by atoms with Crippen LogP contribution in [0.1, 0.15) is 52.2 Å². The Morgan fingerprint density at radius 1 is 1.24 bits per heavy atom. The summed E-state index contributed by atoms with van der Waals surface area (Å²) in [5.41, 5.74) is 4.67. The molecule has 1 N–H and O–H groups in total. The summed E-state index contributed by atoms with van der Waals surface area (Å²) < 4.78 is 9.85. The number of fused-ring (bicyclic) bond motifs is 2. The average Bonchev–Trinajstić information content (AvgIpc) is 3.48. The van der Waals surface area contributed by atoms with Gasteiger partial charge < -0.3 is 19.4 Å². The number of nitrogens with one attached hydrogen (secondary N) is 1. The Morgan fingerprint density at radius 3 is 2.79 bits per heavy atom. The van der Waals surface area contributed by atoms with Gasteiger partial charge in [-0.1, -0.05) is 6.92 Å². The molecule has 1 aliphatic heterocycles. The normalized spacial score (nSPS) is 15.9. The van der Waals surface area contributed by atoms with E-state index in [9.17, 15) is 9.59 Å². The van der Waals surface area contributed by atoms with Gasteiger partial charge in [0.1, 0.15) is 17.0 Å². The molecule has 1 unspecified atom stereocenters. The number of carbonyl (C=O) groups is 2. The van der Waals surface area contributed by atoms with Gasteiger partial charge in [-0.25, -0.2) is 4.52 Å². The van der Waals surface area contributed by atoms with Crippen molar-refractivity contribution in [2.24, 2.45) is 5.92 Å². The molecule has 1 fully saturated rings. The van der Waals surface area contributed by atoms with Crippen LogP contribution in [0.5, 0.6) is 11.5 Å². The molecule has 0 aromatic carbocycles. The summed E-state index contributed by atoms with van der Waals surface area (Å²) in [6.07, 6.45) is 6.34. The van der Waals surface area contributed by atoms with Crippen molar-refractivity contribution in [2.45, 2.75) is 34.1 Å². The Bertz CT molecular complexity index is 1420. The number of carbonyl (C=O) groups excluding carboxylic acids is 2. The van der Waals surface area contributed by atoms with Crippen molar-refractivity contribution in [3.05, 3.63) is 65.2 Å². The first-order valence-corrected chi connectivity index (χ1v) is 11.7. The zero-order chi connectivity index (χ0) is 24.0. The Morgan fingerprint density at radius 2 is 2.06 bits per heavy atom. The summed E-state index contributed by atoms with van der Waals surface area (Å²) in [5, 5.41) is 7.27. The van der Waals surface area contributed by atoms with E-state index in [1.807, 2.05) is 60.5 Å². The molecule has 1 aliphatic rings. The van der Waals surface area contributed by atoms with Crippen LogP contribution in [0, 0.1) is 19.8 Å². The largest absolute Gasteiger partial charge is 0.455 e. The first-order chi connectivity index (χ1) is 16.4. The van der Waals surface area contributed by atoms with E-state index in [0.29, 0.717) is 35.2 Å². The van der Waals surface area contributed by atoms with E-state index in [-0.39, 0.29) is 11.8 Å². The number of ether oxygens (including phenoxy) is 1. The predicted molar refractivity (Wildman–Crippen MR) is 130 cm³/mol. The Kier molecular flexibility index (Phi) is 5.51. The van der Waals surface area contributed by atoms with E-state index in [4.69, 9.17) is 4.74 Å². The number of pyridine rings is 1. The number of aryl methyl sites for hydroxylation is 2. The predicted octanol–water partition coefficient (Wildman–Crippen LogP) is 4.23. The molecule has 0 aliphatic carbocycles. The number of amides is 2. The van der Waals surface area contributed by atoms with Crippen LogP contribution in [-0.2, 0) is 0 Å². The monoisotopic (exact) mass is 459 g/mol. The molecule has 2 amide bonds. The van der Waals surface area contributed by atoms with Gasteiger partial charge in [-0.15, -0.1) is 0 Å². The molecule has 4 aromatic rings. The van der Waals surface area contributed by atoms with Crippen LogP contribution >= 0.6 is 0 Å². The van der Waals surface area contributed by atoms with Gasteiger partial charge in [0.15, 0.2) is 5.75 Å². The summed E-state index contributed by atoms with van der Waals surface area (Å²) in [6, 6.07) is 7.52. The minimum atomic E-state index is -0.0992. The third-order valence-corrected chi connectivity index (χ3v) is 6.55. The zero-order valence-corrected chi connectivity index (χ0v) is 20.0. The van der Waals surface area contributed by atoms with E-state index < -0.39 is 0 Å². The lowest BCUT2D eigenvalue weighted by atomic mass is 10.1. The number of hydrogen-bond donors (Lipinski definition) is 1. The summed E-state index contributed by atoms with van der Waals surface area (Å²) in [6.45, 7) is 10.1. The summed E-state index contributed by atoms with van der Waals surface area (Å²) in [5.74, 6) is 1.74. The smallest absolute Gasteiger partial charge is 0.268 e. The number of hydrogen-bond acceptors (Lipinski definition) is 4. The maximum atomic E-state index is 13.1. The van der Waals surface area contributed by atoms with E-state index in [1.54, 1.807) is 16.9 Å². The van der Waals surface area contributed by atoms with Gasteiger partial charge in [-0.05, 0) is 56.4 Å². The molecule has 8 heteroatoms. The van der Waals surface area contributed by atoms with Gasteiger partial charge in [-0.3, -0.25) is 9.59 Å². The Balaban J connectivity index is 1.49. The van der Waals surface area contributed by atoms with Crippen molar-refractivity contribution < 1.29 is 14.3 Å². The van der Waals surface area contributed by atoms with Gasteiger partial charge in [0, 0.05) is 49.7 Å². The van der Waals surface area contributed by atoms with Gasteiger partial charge in [0.2, 0.25) is 0 Å². The van der Waals surface area contributed by atoms with E-state index in [2.05, 4.69) is 17.3 Å². The molecule has 8 nitrogen and oxygen atoms in total. The second-order valence-corrected chi connectivity index (χ2v) is 9.10. The second-order valence-electron chi connectivity index (χ2n) is 9.10. The van der Waals surface area contributed by atoms with Gasteiger partial charge in [0.25, 0.3) is 11.8 Å². The molecule has 34 heavy (non-hydrogen) atoms. The number of nitrogens with zero attached hydrogens (tertiary/aromatic N) is 4. The van der Waals surface area contributed by atoms with Crippen molar-refractivity contribution in [1.82, 2.24) is 24.2 Å². The summed E-state index contributed by atoms with van der Waals surface area (Å²) in [4.78, 5) is 27.5. The third kappa shape index (κ3) is 3.69. The summed E-state index contributed by atoms with van der Waals surface area (Å²) >= 11 is 0. The molecule has 5 rings (SSSR count). The first-order valence-electron chi connectivity index (χ1n) is 11.7. The van der Waals surface area contributed by atoms with Crippen LogP contribution in [0.4, 0.5) is 0 Å². The van der Waals surface area contributed by atoms with Gasteiger partial charge in [0.05, 0.1) is 11.8 Å². The van der Waals surface area contributed by atoms with Crippen LogP contribution < -0.4 is 10.1 Å². The highest BCUT2D eigenvalue weighted by Crippen LogP contribution is 2.32. The van der Waals surface area contributed by atoms with Crippen molar-refractivity contribution in [2.75, 3.05) is 19.6 Å². The fourth-order valence-electron chi connectivity index (χ4n) is 4.83. The van der Waals surface area contributed by atoms with Crippen LogP contribution in [0.2, 0.25) is 0 Å². The molecule has 0 radical (unpaired) electrons. The SMILES string of the molecule is CCNC(=O)c1c(C)cc2cc(Oc3ccnn4cc(C(=O)N5CCC(C)C5)c(C)c34)ccn12. The highest BCUT2D eigenvalue weighted by Gasteiger charge is 2.27. The fourth-order valence-corrected chi connectivity index (χ4v) is 4.83. The average molecular weight is 460 g/mol. The van der Waals surface area contributed by atoms with Crippen molar-refractivity contribution in [3.63, 3.8) is 0 Å². The van der Waals surface area contributed by atoms with Crippen molar-refractivity contribution in [1.29, 1.82) is 0 Å². The lowest BCUT2D eigenvalue weighted by Crippen LogP contribution is -2.28. The van der Waals surface area contributed by atoms with Crippen LogP contribution in [0.3, 0.4) is 0 Å². The molecule has 0 bridgehead atoms. The maximum absolute atomic E-state index is 13.1. The molecule has 1 saturated heterocycles. The van der Waals surface area contributed by atoms with E-state index in [0.717, 1.165) is 41.7 Å². The van der Waals surface area contributed by atoms with Crippen LogP contribution in [-0.4, -0.2) is 50.4 Å². The van der Waals surface area contributed by atoms with E-state index in [1.165, 1.54) is 0 Å². The molecule has 0 spiro atoms. The number of aromatic nitrogens is 3. The first kappa shape index (κ1) is 22.0. The molecule has 4 aromatic heterocycles. The molecule has 5 heterocycles. The molecular weight excluding hydrogens is 430 g/mol. The Hall–Kier alpha value is -3.81. The fraction of sp³-hybridized carbons (Fsp3) is 0.346. The molecule has 176 valence electrons.